The fraction of sp³-hybridized carbons (Fsp3) is 0.500. The van der Waals surface area contributed by atoms with Gasteiger partial charge in [0.15, 0.2) is 11.6 Å². The Morgan fingerprint density at radius 3 is 2.56 bits per heavy atom. The first-order valence-corrected chi connectivity index (χ1v) is 5.20. The van der Waals surface area contributed by atoms with Crippen LogP contribution >= 0.6 is 0 Å². The zero-order valence-electron chi connectivity index (χ0n) is 9.83. The molecule has 1 aromatic carbocycles. The van der Waals surface area contributed by atoms with Crippen molar-refractivity contribution in [3.05, 3.63) is 29.6 Å². The molecule has 1 rings (SSSR count). The minimum Gasteiger partial charge on any atom is -0.488 e. The monoisotopic (exact) mass is 227 g/mol. The summed E-state index contributed by atoms with van der Waals surface area (Å²) in [6, 6.07) is 4.38. The number of hydrogen-bond donors (Lipinski definition) is 2. The summed E-state index contributed by atoms with van der Waals surface area (Å²) in [7, 11) is 0. The van der Waals surface area contributed by atoms with E-state index in [-0.39, 0.29) is 18.4 Å². The Bertz CT molecular complexity index is 359. The number of ether oxygens (including phenoxy) is 1. The summed E-state index contributed by atoms with van der Waals surface area (Å²) >= 11 is 0. The Hall–Kier alpha value is -1.13. The van der Waals surface area contributed by atoms with Gasteiger partial charge in [-0.15, -0.1) is 0 Å². The van der Waals surface area contributed by atoms with Gasteiger partial charge in [-0.3, -0.25) is 0 Å². The van der Waals surface area contributed by atoms with Crippen molar-refractivity contribution in [2.75, 3.05) is 6.61 Å². The van der Waals surface area contributed by atoms with Gasteiger partial charge in [0.2, 0.25) is 0 Å². The molecule has 4 heteroatoms. The highest BCUT2D eigenvalue weighted by atomic mass is 19.1. The first-order chi connectivity index (χ1) is 7.29. The summed E-state index contributed by atoms with van der Waals surface area (Å²) in [6.07, 6.45) is 0. The minimum atomic E-state index is -0.980. The summed E-state index contributed by atoms with van der Waals surface area (Å²) in [6.45, 7) is 5.02. The van der Waals surface area contributed by atoms with E-state index in [1.165, 1.54) is 12.1 Å². The van der Waals surface area contributed by atoms with E-state index in [0.29, 0.717) is 5.56 Å². The smallest absolute Gasteiger partial charge is 0.165 e. The maximum absolute atomic E-state index is 13.5. The zero-order valence-corrected chi connectivity index (χ0v) is 9.83. The van der Waals surface area contributed by atoms with Crippen LogP contribution in [0.25, 0.3) is 0 Å². The number of benzene rings is 1. The zero-order chi connectivity index (χ0) is 12.3. The molecular weight excluding hydrogens is 209 g/mol. The number of aliphatic hydroxyl groups is 1. The molecule has 0 heterocycles. The van der Waals surface area contributed by atoms with Gasteiger partial charge in [0, 0.05) is 6.04 Å². The van der Waals surface area contributed by atoms with Gasteiger partial charge in [-0.2, -0.15) is 0 Å². The second-order valence-electron chi connectivity index (χ2n) is 4.58. The number of hydrogen-bond acceptors (Lipinski definition) is 3. The molecule has 0 fully saturated rings. The molecule has 0 aromatic heterocycles. The quantitative estimate of drug-likeness (QED) is 0.827. The molecule has 0 bridgehead atoms. The third kappa shape index (κ3) is 3.79. The van der Waals surface area contributed by atoms with Crippen molar-refractivity contribution in [1.82, 2.24) is 0 Å². The highest BCUT2D eigenvalue weighted by molar-refractivity contribution is 5.30. The third-order valence-electron chi connectivity index (χ3n) is 2.06. The lowest BCUT2D eigenvalue weighted by atomic mass is 10.1. The lowest BCUT2D eigenvalue weighted by Crippen LogP contribution is -2.28. The van der Waals surface area contributed by atoms with Gasteiger partial charge < -0.3 is 15.6 Å². The summed E-state index contributed by atoms with van der Waals surface area (Å²) in [5.74, 6) is -0.328. The molecule has 0 aliphatic rings. The fourth-order valence-electron chi connectivity index (χ4n) is 1.17. The SMILES string of the molecule is CC(N)c1ccc(OCC(C)(C)O)c(F)c1. The first-order valence-electron chi connectivity index (χ1n) is 5.20. The fourth-order valence-corrected chi connectivity index (χ4v) is 1.17. The molecule has 0 aliphatic heterocycles. The molecule has 0 spiro atoms. The molecule has 16 heavy (non-hydrogen) atoms. The number of halogens is 1. The van der Waals surface area contributed by atoms with E-state index in [2.05, 4.69) is 0 Å². The van der Waals surface area contributed by atoms with E-state index in [9.17, 15) is 9.50 Å². The average molecular weight is 227 g/mol. The van der Waals surface area contributed by atoms with Crippen LogP contribution in [0.15, 0.2) is 18.2 Å². The van der Waals surface area contributed by atoms with Crippen molar-refractivity contribution in [3.63, 3.8) is 0 Å². The van der Waals surface area contributed by atoms with Crippen molar-refractivity contribution in [2.45, 2.75) is 32.4 Å². The predicted molar refractivity (Wildman–Crippen MR) is 60.8 cm³/mol. The molecule has 3 N–H and O–H groups in total. The van der Waals surface area contributed by atoms with Crippen molar-refractivity contribution < 1.29 is 14.2 Å². The largest absolute Gasteiger partial charge is 0.488 e. The second kappa shape index (κ2) is 4.80. The van der Waals surface area contributed by atoms with Gasteiger partial charge in [-0.25, -0.2) is 4.39 Å². The van der Waals surface area contributed by atoms with Crippen LogP contribution in [-0.2, 0) is 0 Å². The Balaban J connectivity index is 2.76. The Kier molecular flexibility index (Phi) is 3.88. The summed E-state index contributed by atoms with van der Waals surface area (Å²) < 4.78 is 18.7. The molecule has 0 saturated heterocycles. The van der Waals surface area contributed by atoms with Crippen LogP contribution in [0.2, 0.25) is 0 Å². The summed E-state index contributed by atoms with van der Waals surface area (Å²) in [5.41, 5.74) is 5.36. The predicted octanol–water partition coefficient (Wildman–Crippen LogP) is 2.00. The molecule has 1 aromatic rings. The molecule has 3 nitrogen and oxygen atoms in total. The van der Waals surface area contributed by atoms with Crippen LogP contribution in [-0.4, -0.2) is 17.3 Å². The molecule has 1 atom stereocenters. The summed E-state index contributed by atoms with van der Waals surface area (Å²) in [4.78, 5) is 0. The highest BCUT2D eigenvalue weighted by Gasteiger charge is 2.15. The number of nitrogens with two attached hydrogens (primary N) is 1. The Labute approximate surface area is 95.0 Å². The maximum Gasteiger partial charge on any atom is 0.165 e. The van der Waals surface area contributed by atoms with Gasteiger partial charge in [0.25, 0.3) is 0 Å². The highest BCUT2D eigenvalue weighted by Crippen LogP contribution is 2.21. The van der Waals surface area contributed by atoms with Crippen LogP contribution in [0, 0.1) is 5.82 Å². The van der Waals surface area contributed by atoms with Crippen molar-refractivity contribution in [1.29, 1.82) is 0 Å². The van der Waals surface area contributed by atoms with Crippen molar-refractivity contribution in [3.8, 4) is 5.75 Å². The van der Waals surface area contributed by atoms with Crippen LogP contribution in [0.5, 0.6) is 5.75 Å². The van der Waals surface area contributed by atoms with Gasteiger partial charge in [0.05, 0.1) is 5.60 Å². The van der Waals surface area contributed by atoms with E-state index in [1.54, 1.807) is 26.8 Å². The van der Waals surface area contributed by atoms with E-state index >= 15 is 0 Å². The van der Waals surface area contributed by atoms with Gasteiger partial charge >= 0.3 is 0 Å². The number of rotatable bonds is 4. The van der Waals surface area contributed by atoms with Gasteiger partial charge in [0.1, 0.15) is 6.61 Å². The second-order valence-corrected chi connectivity index (χ2v) is 4.58. The van der Waals surface area contributed by atoms with Crippen molar-refractivity contribution in [2.24, 2.45) is 5.73 Å². The molecular formula is C12H18FNO2. The lowest BCUT2D eigenvalue weighted by Gasteiger charge is -2.18. The van der Waals surface area contributed by atoms with Crippen LogP contribution < -0.4 is 10.5 Å². The van der Waals surface area contributed by atoms with E-state index in [1.807, 2.05) is 0 Å². The van der Waals surface area contributed by atoms with Crippen LogP contribution in [0.1, 0.15) is 32.4 Å². The lowest BCUT2D eigenvalue weighted by molar-refractivity contribution is 0.0271. The van der Waals surface area contributed by atoms with E-state index in [0.717, 1.165) is 0 Å². The Morgan fingerprint density at radius 1 is 1.50 bits per heavy atom. The third-order valence-corrected chi connectivity index (χ3v) is 2.06. The summed E-state index contributed by atoms with van der Waals surface area (Å²) in [5, 5.41) is 9.45. The van der Waals surface area contributed by atoms with Crippen molar-refractivity contribution >= 4 is 0 Å². The molecule has 90 valence electrons. The van der Waals surface area contributed by atoms with E-state index < -0.39 is 11.4 Å². The molecule has 1 unspecified atom stereocenters. The van der Waals surface area contributed by atoms with E-state index in [4.69, 9.17) is 10.5 Å². The van der Waals surface area contributed by atoms with Gasteiger partial charge in [-0.1, -0.05) is 6.07 Å². The topological polar surface area (TPSA) is 55.5 Å². The first kappa shape index (κ1) is 12.9. The normalized spacial score (nSPS) is 13.6. The standard InChI is InChI=1S/C12H18FNO2/c1-8(14)9-4-5-11(10(13)6-9)16-7-12(2,3)15/h4-6,8,15H,7,14H2,1-3H3. The van der Waals surface area contributed by atoms with Crippen LogP contribution in [0.4, 0.5) is 4.39 Å². The molecule has 0 saturated carbocycles. The van der Waals surface area contributed by atoms with Gasteiger partial charge in [-0.05, 0) is 38.5 Å². The average Bonchev–Trinajstić information content (AvgIpc) is 2.14. The molecule has 0 aliphatic carbocycles. The minimum absolute atomic E-state index is 0.0431. The van der Waals surface area contributed by atoms with Crippen LogP contribution in [0.3, 0.4) is 0 Å². The maximum atomic E-state index is 13.5. The molecule has 0 radical (unpaired) electrons. The molecule has 0 amide bonds. The Morgan fingerprint density at radius 2 is 2.12 bits per heavy atom.